The lowest BCUT2D eigenvalue weighted by Crippen LogP contribution is -2.43. The standard InChI is InChI=1S/C16H20N2O5/c1-4-22-13-8-6-5-7-12(13)9-10-14(19)23-11(2)15(20)18-16(21)17-3/h5-11H,4H2,1-3H3,(H2,17,18,20,21)/b10-9+/t11-/m1/s1. The molecule has 1 atom stereocenters. The molecular weight excluding hydrogens is 300 g/mol. The third kappa shape index (κ3) is 6.21. The fraction of sp³-hybridized carbons (Fsp3) is 0.312. The zero-order valence-electron chi connectivity index (χ0n) is 13.3. The third-order valence-electron chi connectivity index (χ3n) is 2.74. The van der Waals surface area contributed by atoms with Crippen LogP contribution in [0.5, 0.6) is 5.75 Å². The van der Waals surface area contributed by atoms with Gasteiger partial charge in [-0.1, -0.05) is 18.2 Å². The lowest BCUT2D eigenvalue weighted by molar-refractivity contribution is -0.149. The van der Waals surface area contributed by atoms with Crippen molar-refractivity contribution in [1.29, 1.82) is 0 Å². The van der Waals surface area contributed by atoms with Gasteiger partial charge in [0.05, 0.1) is 6.61 Å². The monoisotopic (exact) mass is 320 g/mol. The zero-order chi connectivity index (χ0) is 17.2. The summed E-state index contributed by atoms with van der Waals surface area (Å²) in [6.45, 7) is 3.74. The summed E-state index contributed by atoms with van der Waals surface area (Å²) < 4.78 is 10.4. The summed E-state index contributed by atoms with van der Waals surface area (Å²) in [5.74, 6) is -0.763. The molecule has 0 aliphatic heterocycles. The minimum atomic E-state index is -1.09. The molecule has 0 unspecified atom stereocenters. The van der Waals surface area contributed by atoms with Crippen LogP contribution in [0.1, 0.15) is 19.4 Å². The Hall–Kier alpha value is -2.83. The molecule has 124 valence electrons. The molecule has 0 bridgehead atoms. The van der Waals surface area contributed by atoms with Gasteiger partial charge in [-0.05, 0) is 26.0 Å². The van der Waals surface area contributed by atoms with Gasteiger partial charge >= 0.3 is 12.0 Å². The Labute approximate surface area is 134 Å². The van der Waals surface area contributed by atoms with E-state index in [2.05, 4.69) is 5.32 Å². The van der Waals surface area contributed by atoms with E-state index in [9.17, 15) is 14.4 Å². The summed E-state index contributed by atoms with van der Waals surface area (Å²) in [5, 5.41) is 4.25. The number of benzene rings is 1. The fourth-order valence-corrected chi connectivity index (χ4v) is 1.61. The molecule has 7 nitrogen and oxygen atoms in total. The maximum absolute atomic E-state index is 11.7. The van der Waals surface area contributed by atoms with Gasteiger partial charge in [-0.25, -0.2) is 9.59 Å². The summed E-state index contributed by atoms with van der Waals surface area (Å²) in [6.07, 6.45) is 1.64. The van der Waals surface area contributed by atoms with Crippen molar-refractivity contribution in [3.63, 3.8) is 0 Å². The normalized spacial score (nSPS) is 11.6. The second-order valence-electron chi connectivity index (χ2n) is 4.45. The predicted octanol–water partition coefficient (Wildman–Crippen LogP) is 1.49. The number of hydrogen-bond donors (Lipinski definition) is 2. The van der Waals surface area contributed by atoms with Gasteiger partial charge in [0.15, 0.2) is 6.10 Å². The van der Waals surface area contributed by atoms with Gasteiger partial charge in [0.1, 0.15) is 5.75 Å². The van der Waals surface area contributed by atoms with Crippen LogP contribution in [0, 0.1) is 0 Å². The van der Waals surface area contributed by atoms with Crippen LogP contribution in [0.15, 0.2) is 30.3 Å². The third-order valence-corrected chi connectivity index (χ3v) is 2.74. The van der Waals surface area contributed by atoms with E-state index in [-0.39, 0.29) is 0 Å². The molecule has 1 aromatic carbocycles. The minimum Gasteiger partial charge on any atom is -0.493 e. The smallest absolute Gasteiger partial charge is 0.331 e. The Bertz CT molecular complexity index is 598. The van der Waals surface area contributed by atoms with Crippen LogP contribution in [0.25, 0.3) is 6.08 Å². The second-order valence-corrected chi connectivity index (χ2v) is 4.45. The number of ether oxygens (including phenoxy) is 2. The van der Waals surface area contributed by atoms with Crippen molar-refractivity contribution in [3.05, 3.63) is 35.9 Å². The molecule has 7 heteroatoms. The van der Waals surface area contributed by atoms with E-state index in [0.29, 0.717) is 17.9 Å². The lowest BCUT2D eigenvalue weighted by Gasteiger charge is -2.11. The van der Waals surface area contributed by atoms with Crippen molar-refractivity contribution in [2.24, 2.45) is 0 Å². The number of para-hydroxylation sites is 1. The number of rotatable bonds is 6. The number of esters is 1. The molecule has 2 N–H and O–H groups in total. The summed E-state index contributed by atoms with van der Waals surface area (Å²) in [6, 6.07) is 6.54. The van der Waals surface area contributed by atoms with E-state index >= 15 is 0 Å². The molecule has 3 amide bonds. The van der Waals surface area contributed by atoms with Crippen molar-refractivity contribution in [2.45, 2.75) is 20.0 Å². The van der Waals surface area contributed by atoms with Gasteiger partial charge in [-0.2, -0.15) is 0 Å². The lowest BCUT2D eigenvalue weighted by atomic mass is 10.2. The predicted molar refractivity (Wildman–Crippen MR) is 84.8 cm³/mol. The van der Waals surface area contributed by atoms with Crippen LogP contribution < -0.4 is 15.4 Å². The first kappa shape index (κ1) is 18.2. The number of urea groups is 1. The Morgan fingerprint density at radius 2 is 1.96 bits per heavy atom. The number of carbonyl (C=O) groups is 3. The Kier molecular flexibility index (Phi) is 7.32. The molecule has 0 aliphatic carbocycles. The van der Waals surface area contributed by atoms with E-state index in [1.165, 1.54) is 26.1 Å². The highest BCUT2D eigenvalue weighted by molar-refractivity contribution is 5.98. The van der Waals surface area contributed by atoms with Crippen LogP contribution in [0.2, 0.25) is 0 Å². The molecule has 23 heavy (non-hydrogen) atoms. The molecule has 1 aromatic rings. The highest BCUT2D eigenvalue weighted by Crippen LogP contribution is 2.19. The average molecular weight is 320 g/mol. The number of imide groups is 1. The van der Waals surface area contributed by atoms with Crippen LogP contribution >= 0.6 is 0 Å². The first-order valence-corrected chi connectivity index (χ1v) is 7.11. The quantitative estimate of drug-likeness (QED) is 0.612. The van der Waals surface area contributed by atoms with Crippen molar-refractivity contribution >= 4 is 24.0 Å². The van der Waals surface area contributed by atoms with Gasteiger partial charge in [-0.15, -0.1) is 0 Å². The highest BCUT2D eigenvalue weighted by atomic mass is 16.5. The Morgan fingerprint density at radius 1 is 1.26 bits per heavy atom. The first-order chi connectivity index (χ1) is 11.0. The van der Waals surface area contributed by atoms with Crippen LogP contribution in [0.3, 0.4) is 0 Å². The van der Waals surface area contributed by atoms with Gasteiger partial charge in [0, 0.05) is 18.7 Å². The number of amides is 3. The SMILES string of the molecule is CCOc1ccccc1/C=C/C(=O)O[C@H](C)C(=O)NC(=O)NC. The topological polar surface area (TPSA) is 93.7 Å². The van der Waals surface area contributed by atoms with Gasteiger partial charge < -0.3 is 14.8 Å². The Morgan fingerprint density at radius 3 is 2.61 bits per heavy atom. The van der Waals surface area contributed by atoms with Crippen LogP contribution in [-0.4, -0.2) is 37.7 Å². The van der Waals surface area contributed by atoms with Crippen molar-refractivity contribution in [1.82, 2.24) is 10.6 Å². The van der Waals surface area contributed by atoms with Crippen molar-refractivity contribution < 1.29 is 23.9 Å². The number of nitrogens with one attached hydrogen (secondary N) is 2. The van der Waals surface area contributed by atoms with Crippen LogP contribution in [0.4, 0.5) is 4.79 Å². The molecule has 0 aromatic heterocycles. The molecule has 0 spiro atoms. The van der Waals surface area contributed by atoms with Crippen molar-refractivity contribution in [2.75, 3.05) is 13.7 Å². The minimum absolute atomic E-state index is 0.506. The molecule has 0 saturated heterocycles. The maximum atomic E-state index is 11.7. The number of hydrogen-bond acceptors (Lipinski definition) is 5. The van der Waals surface area contributed by atoms with Gasteiger partial charge in [0.25, 0.3) is 5.91 Å². The Balaban J connectivity index is 2.62. The first-order valence-electron chi connectivity index (χ1n) is 7.11. The summed E-state index contributed by atoms with van der Waals surface area (Å²) in [4.78, 5) is 34.3. The molecule has 1 rings (SSSR count). The molecule has 0 aliphatic rings. The van der Waals surface area contributed by atoms with E-state index < -0.39 is 24.0 Å². The largest absolute Gasteiger partial charge is 0.493 e. The molecule has 0 saturated carbocycles. The van der Waals surface area contributed by atoms with E-state index in [0.717, 1.165) is 0 Å². The second kappa shape index (κ2) is 9.24. The average Bonchev–Trinajstić information content (AvgIpc) is 2.54. The summed E-state index contributed by atoms with van der Waals surface area (Å²) in [5.41, 5.74) is 0.716. The molecule has 0 fully saturated rings. The van der Waals surface area contributed by atoms with E-state index in [1.54, 1.807) is 12.1 Å². The number of carbonyl (C=O) groups excluding carboxylic acids is 3. The van der Waals surface area contributed by atoms with Crippen molar-refractivity contribution in [3.8, 4) is 5.75 Å². The highest BCUT2D eigenvalue weighted by Gasteiger charge is 2.18. The van der Waals surface area contributed by atoms with Gasteiger partial charge in [-0.3, -0.25) is 10.1 Å². The fourth-order valence-electron chi connectivity index (χ4n) is 1.61. The molecular formula is C16H20N2O5. The maximum Gasteiger partial charge on any atom is 0.331 e. The van der Waals surface area contributed by atoms with E-state index in [4.69, 9.17) is 9.47 Å². The zero-order valence-corrected chi connectivity index (χ0v) is 13.3. The summed E-state index contributed by atoms with van der Waals surface area (Å²) >= 11 is 0. The van der Waals surface area contributed by atoms with E-state index in [1.807, 2.05) is 24.4 Å². The summed E-state index contributed by atoms with van der Waals surface area (Å²) in [7, 11) is 1.37. The molecule has 0 heterocycles. The van der Waals surface area contributed by atoms with Crippen LogP contribution in [-0.2, 0) is 14.3 Å². The molecule has 0 radical (unpaired) electrons. The van der Waals surface area contributed by atoms with Gasteiger partial charge in [0.2, 0.25) is 0 Å².